The molecule has 1 aliphatic rings. The molecule has 1 N–H and O–H groups in total. The molecular weight excluding hydrogens is 236 g/mol. The monoisotopic (exact) mass is 246 g/mol. The van der Waals surface area contributed by atoms with Crippen molar-refractivity contribution in [3.05, 3.63) is 35.4 Å². The van der Waals surface area contributed by atoms with Crippen LogP contribution in [-0.4, -0.2) is 13.5 Å². The van der Waals surface area contributed by atoms with Crippen LogP contribution in [0.4, 0.5) is 0 Å². The molecule has 0 bridgehead atoms. The van der Waals surface area contributed by atoms with Gasteiger partial charge >= 0.3 is 0 Å². The van der Waals surface area contributed by atoms with Gasteiger partial charge in [0.15, 0.2) is 0 Å². The van der Waals surface area contributed by atoms with E-state index < -0.39 is 14.7 Å². The van der Waals surface area contributed by atoms with Crippen LogP contribution in [0.25, 0.3) is 0 Å². The highest BCUT2D eigenvalue weighted by atomic mass is 35.7. The van der Waals surface area contributed by atoms with Crippen LogP contribution in [0.5, 0.6) is 0 Å². The molecule has 0 aromatic heterocycles. The fourth-order valence-corrected chi connectivity index (χ4v) is 2.51. The summed E-state index contributed by atoms with van der Waals surface area (Å²) < 4.78 is 21.8. The van der Waals surface area contributed by atoms with Crippen molar-refractivity contribution in [1.82, 2.24) is 0 Å². The molecule has 0 radical (unpaired) electrons. The van der Waals surface area contributed by atoms with Crippen LogP contribution in [-0.2, 0) is 20.4 Å². The topological polar surface area (TPSA) is 54.4 Å². The summed E-state index contributed by atoms with van der Waals surface area (Å²) in [5.41, 5.74) is 0.662. The lowest BCUT2D eigenvalue weighted by Gasteiger charge is -2.09. The van der Waals surface area contributed by atoms with Crippen LogP contribution in [0.1, 0.15) is 24.0 Å². The number of halogens is 1. The smallest absolute Gasteiger partial charge is 0.236 e. The van der Waals surface area contributed by atoms with Gasteiger partial charge in [0, 0.05) is 10.7 Å². The molecule has 2 rings (SSSR count). The summed E-state index contributed by atoms with van der Waals surface area (Å²) in [7, 11) is 1.63. The van der Waals surface area contributed by atoms with Gasteiger partial charge in [-0.25, -0.2) is 8.42 Å². The van der Waals surface area contributed by atoms with Crippen LogP contribution in [0.2, 0.25) is 0 Å². The fraction of sp³-hybridized carbons (Fsp3) is 0.400. The van der Waals surface area contributed by atoms with Gasteiger partial charge in [-0.1, -0.05) is 24.3 Å². The number of hydrogen-bond donors (Lipinski definition) is 1. The number of hydrogen-bond acceptors (Lipinski definition) is 3. The second-order valence-corrected chi connectivity index (χ2v) is 6.69. The second kappa shape index (κ2) is 3.47. The zero-order chi connectivity index (χ0) is 11.1. The Morgan fingerprint density at radius 2 is 2.07 bits per heavy atom. The van der Waals surface area contributed by atoms with Gasteiger partial charge in [-0.2, -0.15) is 0 Å². The lowest BCUT2D eigenvalue weighted by molar-refractivity contribution is 0.151. The Bertz CT molecular complexity index is 477. The van der Waals surface area contributed by atoms with Gasteiger partial charge in [0.05, 0.1) is 11.4 Å². The Morgan fingerprint density at radius 1 is 1.40 bits per heavy atom. The Labute approximate surface area is 93.1 Å². The van der Waals surface area contributed by atoms with Crippen LogP contribution < -0.4 is 0 Å². The average Bonchev–Trinajstić information content (AvgIpc) is 2.82. The largest absolute Gasteiger partial charge is 0.385 e. The van der Waals surface area contributed by atoms with Crippen LogP contribution in [0.15, 0.2) is 24.3 Å². The standard InChI is InChI=1S/C10H11ClO3S/c11-15(13,14)7-8-2-1-3-9(6-8)10(12)4-5-10/h1-3,6,12H,4-5,7H2. The quantitative estimate of drug-likeness (QED) is 0.827. The minimum absolute atomic E-state index is 0.196. The maximum atomic E-state index is 10.9. The molecule has 82 valence electrons. The van der Waals surface area contributed by atoms with E-state index in [1.165, 1.54) is 0 Å². The third kappa shape index (κ3) is 2.71. The Hall–Kier alpha value is -0.580. The highest BCUT2D eigenvalue weighted by Crippen LogP contribution is 2.45. The van der Waals surface area contributed by atoms with Gasteiger partial charge in [-0.15, -0.1) is 0 Å². The molecule has 1 aromatic carbocycles. The molecule has 0 spiro atoms. The van der Waals surface area contributed by atoms with Crippen LogP contribution in [0, 0.1) is 0 Å². The van der Waals surface area contributed by atoms with E-state index in [9.17, 15) is 13.5 Å². The summed E-state index contributed by atoms with van der Waals surface area (Å²) >= 11 is 0. The number of benzene rings is 1. The highest BCUT2D eigenvalue weighted by molar-refractivity contribution is 8.13. The van der Waals surface area contributed by atoms with Crippen molar-refractivity contribution >= 4 is 19.7 Å². The first-order valence-corrected chi connectivity index (χ1v) is 7.11. The first-order valence-electron chi connectivity index (χ1n) is 4.63. The van der Waals surface area contributed by atoms with E-state index in [0.29, 0.717) is 5.56 Å². The lowest BCUT2D eigenvalue weighted by Crippen LogP contribution is -2.05. The second-order valence-electron chi connectivity index (χ2n) is 3.92. The Morgan fingerprint density at radius 3 is 2.60 bits per heavy atom. The SMILES string of the molecule is O=S(=O)(Cl)Cc1cccc(C2(O)CC2)c1. The van der Waals surface area contributed by atoms with E-state index in [0.717, 1.165) is 18.4 Å². The molecule has 1 fully saturated rings. The predicted molar refractivity (Wildman–Crippen MR) is 58.0 cm³/mol. The van der Waals surface area contributed by atoms with Crippen molar-refractivity contribution in [1.29, 1.82) is 0 Å². The molecule has 5 heteroatoms. The van der Waals surface area contributed by atoms with Crippen molar-refractivity contribution in [2.24, 2.45) is 0 Å². The Balaban J connectivity index is 2.27. The van der Waals surface area contributed by atoms with Gasteiger partial charge < -0.3 is 5.11 Å². The van der Waals surface area contributed by atoms with Gasteiger partial charge in [-0.05, 0) is 24.0 Å². The molecule has 1 aromatic rings. The molecule has 1 saturated carbocycles. The molecule has 3 nitrogen and oxygen atoms in total. The van der Waals surface area contributed by atoms with Crippen LogP contribution >= 0.6 is 10.7 Å². The minimum atomic E-state index is -3.53. The molecule has 1 aliphatic carbocycles. The van der Waals surface area contributed by atoms with E-state index in [4.69, 9.17) is 10.7 Å². The molecule has 15 heavy (non-hydrogen) atoms. The van der Waals surface area contributed by atoms with E-state index in [1.807, 2.05) is 0 Å². The summed E-state index contributed by atoms with van der Waals surface area (Å²) in [6.45, 7) is 0. The zero-order valence-corrected chi connectivity index (χ0v) is 9.55. The third-order valence-electron chi connectivity index (χ3n) is 2.53. The van der Waals surface area contributed by atoms with E-state index >= 15 is 0 Å². The molecule has 0 aliphatic heterocycles. The maximum absolute atomic E-state index is 10.9. The van der Waals surface area contributed by atoms with Crippen molar-refractivity contribution in [2.45, 2.75) is 24.2 Å². The Kier molecular flexibility index (Phi) is 2.53. The van der Waals surface area contributed by atoms with Gasteiger partial charge in [-0.3, -0.25) is 0 Å². The summed E-state index contributed by atoms with van der Waals surface area (Å²) in [6, 6.07) is 6.93. The van der Waals surface area contributed by atoms with Gasteiger partial charge in [0.2, 0.25) is 9.05 Å². The summed E-state index contributed by atoms with van der Waals surface area (Å²) in [5.74, 6) is -0.196. The first kappa shape index (κ1) is 10.9. The maximum Gasteiger partial charge on any atom is 0.236 e. The summed E-state index contributed by atoms with van der Waals surface area (Å²) in [5, 5.41) is 9.84. The summed E-state index contributed by atoms with van der Waals surface area (Å²) in [4.78, 5) is 0. The van der Waals surface area contributed by atoms with E-state index in [1.54, 1.807) is 24.3 Å². The molecular formula is C10H11ClO3S. The lowest BCUT2D eigenvalue weighted by atomic mass is 10.1. The van der Waals surface area contributed by atoms with E-state index in [2.05, 4.69) is 0 Å². The third-order valence-corrected chi connectivity index (χ3v) is 3.53. The van der Waals surface area contributed by atoms with Crippen molar-refractivity contribution < 1.29 is 13.5 Å². The normalized spacial score (nSPS) is 18.8. The molecule has 0 amide bonds. The van der Waals surface area contributed by atoms with Crippen molar-refractivity contribution in [2.75, 3.05) is 0 Å². The first-order chi connectivity index (χ1) is 6.89. The number of aliphatic hydroxyl groups is 1. The number of rotatable bonds is 3. The van der Waals surface area contributed by atoms with Crippen molar-refractivity contribution in [3.8, 4) is 0 Å². The molecule has 0 atom stereocenters. The molecule has 0 unspecified atom stereocenters. The predicted octanol–water partition coefficient (Wildman–Crippen LogP) is 1.74. The van der Waals surface area contributed by atoms with Gasteiger partial charge in [0.25, 0.3) is 0 Å². The molecule has 0 saturated heterocycles. The summed E-state index contributed by atoms with van der Waals surface area (Å²) in [6.07, 6.45) is 1.48. The zero-order valence-electron chi connectivity index (χ0n) is 7.98. The van der Waals surface area contributed by atoms with Gasteiger partial charge in [0.1, 0.15) is 0 Å². The fourth-order valence-electron chi connectivity index (χ4n) is 1.56. The van der Waals surface area contributed by atoms with Crippen LogP contribution in [0.3, 0.4) is 0 Å². The average molecular weight is 247 g/mol. The van der Waals surface area contributed by atoms with Crippen molar-refractivity contribution in [3.63, 3.8) is 0 Å². The minimum Gasteiger partial charge on any atom is -0.385 e. The van der Waals surface area contributed by atoms with E-state index in [-0.39, 0.29) is 5.75 Å². The molecule has 0 heterocycles. The highest BCUT2D eigenvalue weighted by Gasteiger charge is 2.42.